The number of hydrogen-bond donors (Lipinski definition) is 0. The summed E-state index contributed by atoms with van der Waals surface area (Å²) in [6, 6.07) is 14.5. The highest BCUT2D eigenvalue weighted by Gasteiger charge is 2.21. The summed E-state index contributed by atoms with van der Waals surface area (Å²) in [4.78, 5) is 16.4. The molecule has 1 saturated heterocycles. The summed E-state index contributed by atoms with van der Waals surface area (Å²) < 4.78 is 24.3. The number of carbonyl (C=O) groups excluding carboxylic acids is 1. The molecule has 2 aromatic carbocycles. The van der Waals surface area contributed by atoms with Crippen LogP contribution in [0, 0.1) is 5.82 Å². The van der Waals surface area contributed by atoms with Crippen molar-refractivity contribution in [2.75, 3.05) is 39.9 Å². The van der Waals surface area contributed by atoms with Gasteiger partial charge in [0.25, 0.3) is 0 Å². The van der Waals surface area contributed by atoms with E-state index in [1.165, 1.54) is 13.2 Å². The molecule has 0 saturated carbocycles. The van der Waals surface area contributed by atoms with Crippen LogP contribution in [0.15, 0.2) is 48.5 Å². The van der Waals surface area contributed by atoms with Crippen molar-refractivity contribution in [2.45, 2.75) is 13.0 Å². The van der Waals surface area contributed by atoms with E-state index in [4.69, 9.17) is 9.47 Å². The minimum absolute atomic E-state index is 0.112. The number of ether oxygens (including phenoxy) is 2. The molecule has 0 atom stereocenters. The summed E-state index contributed by atoms with van der Waals surface area (Å²) in [5.41, 5.74) is 0.907. The zero-order chi connectivity index (χ0) is 19.1. The van der Waals surface area contributed by atoms with E-state index >= 15 is 0 Å². The number of hydrogen-bond acceptors (Lipinski definition) is 4. The molecule has 5 nitrogen and oxygen atoms in total. The van der Waals surface area contributed by atoms with Gasteiger partial charge in [-0.05, 0) is 29.8 Å². The predicted octanol–water partition coefficient (Wildman–Crippen LogP) is 2.95. The van der Waals surface area contributed by atoms with Gasteiger partial charge in [0.05, 0.1) is 20.1 Å². The van der Waals surface area contributed by atoms with Gasteiger partial charge in [-0.25, -0.2) is 4.39 Å². The number of methoxy groups -OCH3 is 1. The average Bonchev–Trinajstić information content (AvgIpc) is 2.69. The SMILES string of the molecule is COc1ccc(CN2CCN(C(=O)CCOc3ccccc3)CC2)cc1F. The number of para-hydroxylation sites is 1. The zero-order valence-electron chi connectivity index (χ0n) is 15.6. The lowest BCUT2D eigenvalue weighted by Gasteiger charge is -2.34. The fraction of sp³-hybridized carbons (Fsp3) is 0.381. The summed E-state index contributed by atoms with van der Waals surface area (Å²) in [5.74, 6) is 0.803. The van der Waals surface area contributed by atoms with Gasteiger partial charge in [-0.1, -0.05) is 24.3 Å². The van der Waals surface area contributed by atoms with Crippen molar-refractivity contribution in [3.63, 3.8) is 0 Å². The topological polar surface area (TPSA) is 42.0 Å². The Kier molecular flexibility index (Phi) is 6.65. The van der Waals surface area contributed by atoms with Crippen molar-refractivity contribution < 1.29 is 18.7 Å². The predicted molar refractivity (Wildman–Crippen MR) is 101 cm³/mol. The molecule has 0 aliphatic carbocycles. The summed E-state index contributed by atoms with van der Waals surface area (Å²) >= 11 is 0. The van der Waals surface area contributed by atoms with Gasteiger partial charge in [-0.15, -0.1) is 0 Å². The van der Waals surface area contributed by atoms with E-state index in [1.807, 2.05) is 41.3 Å². The standard InChI is InChI=1S/C21H25FN2O3/c1-26-20-8-7-17(15-19(20)22)16-23-10-12-24(13-11-23)21(25)9-14-27-18-5-3-2-4-6-18/h2-8,15H,9-14,16H2,1H3. The summed E-state index contributed by atoms with van der Waals surface area (Å²) in [7, 11) is 1.46. The molecule has 0 spiro atoms. The number of nitrogens with zero attached hydrogens (tertiary/aromatic N) is 2. The molecule has 27 heavy (non-hydrogen) atoms. The fourth-order valence-corrected chi connectivity index (χ4v) is 3.15. The molecule has 0 radical (unpaired) electrons. The van der Waals surface area contributed by atoms with Gasteiger partial charge < -0.3 is 14.4 Å². The van der Waals surface area contributed by atoms with Gasteiger partial charge in [-0.2, -0.15) is 0 Å². The Labute approximate surface area is 159 Å². The van der Waals surface area contributed by atoms with Crippen LogP contribution < -0.4 is 9.47 Å². The number of amides is 1. The minimum atomic E-state index is -0.345. The second-order valence-corrected chi connectivity index (χ2v) is 6.54. The Balaban J connectivity index is 1.40. The number of rotatable bonds is 7. The van der Waals surface area contributed by atoms with E-state index in [1.54, 1.807) is 6.07 Å². The molecule has 1 heterocycles. The molecule has 1 fully saturated rings. The average molecular weight is 372 g/mol. The van der Waals surface area contributed by atoms with Crippen molar-refractivity contribution in [1.82, 2.24) is 9.80 Å². The van der Waals surface area contributed by atoms with E-state index in [-0.39, 0.29) is 17.5 Å². The lowest BCUT2D eigenvalue weighted by atomic mass is 10.1. The minimum Gasteiger partial charge on any atom is -0.494 e. The maximum Gasteiger partial charge on any atom is 0.226 e. The molecule has 1 amide bonds. The van der Waals surface area contributed by atoms with Crippen LogP contribution in [0.3, 0.4) is 0 Å². The van der Waals surface area contributed by atoms with Crippen molar-refractivity contribution >= 4 is 5.91 Å². The monoisotopic (exact) mass is 372 g/mol. The highest BCUT2D eigenvalue weighted by atomic mass is 19.1. The van der Waals surface area contributed by atoms with E-state index < -0.39 is 0 Å². The Morgan fingerprint density at radius 1 is 1.07 bits per heavy atom. The van der Waals surface area contributed by atoms with Crippen LogP contribution in [0.2, 0.25) is 0 Å². The van der Waals surface area contributed by atoms with Crippen LogP contribution in [0.25, 0.3) is 0 Å². The van der Waals surface area contributed by atoms with Crippen molar-refractivity contribution in [3.05, 3.63) is 59.9 Å². The smallest absolute Gasteiger partial charge is 0.226 e. The first-order valence-corrected chi connectivity index (χ1v) is 9.16. The van der Waals surface area contributed by atoms with Gasteiger partial charge >= 0.3 is 0 Å². The van der Waals surface area contributed by atoms with Crippen LogP contribution in [0.4, 0.5) is 4.39 Å². The van der Waals surface area contributed by atoms with Gasteiger partial charge in [0, 0.05) is 32.7 Å². The highest BCUT2D eigenvalue weighted by molar-refractivity contribution is 5.76. The zero-order valence-corrected chi connectivity index (χ0v) is 15.6. The third-order valence-corrected chi connectivity index (χ3v) is 4.68. The second-order valence-electron chi connectivity index (χ2n) is 6.54. The Morgan fingerprint density at radius 3 is 2.48 bits per heavy atom. The van der Waals surface area contributed by atoms with Crippen LogP contribution in [-0.4, -0.2) is 55.6 Å². The lowest BCUT2D eigenvalue weighted by molar-refractivity contribution is -0.133. The summed E-state index contributed by atoms with van der Waals surface area (Å²) in [6.07, 6.45) is 0.374. The van der Waals surface area contributed by atoms with E-state index in [9.17, 15) is 9.18 Å². The fourth-order valence-electron chi connectivity index (χ4n) is 3.15. The van der Waals surface area contributed by atoms with E-state index in [0.717, 1.165) is 24.4 Å². The van der Waals surface area contributed by atoms with E-state index in [0.29, 0.717) is 32.7 Å². The van der Waals surface area contributed by atoms with Gasteiger partial charge in [-0.3, -0.25) is 9.69 Å². The van der Waals surface area contributed by atoms with Crippen LogP contribution in [-0.2, 0) is 11.3 Å². The van der Waals surface area contributed by atoms with Crippen LogP contribution in [0.5, 0.6) is 11.5 Å². The third-order valence-electron chi connectivity index (χ3n) is 4.68. The van der Waals surface area contributed by atoms with E-state index in [2.05, 4.69) is 4.90 Å². The van der Waals surface area contributed by atoms with Gasteiger partial charge in [0.15, 0.2) is 11.6 Å². The Bertz CT molecular complexity index is 746. The number of benzene rings is 2. The molecule has 0 N–H and O–H groups in total. The second kappa shape index (κ2) is 9.37. The molecule has 0 aromatic heterocycles. The molecule has 3 rings (SSSR count). The molecule has 0 bridgehead atoms. The number of piperazine rings is 1. The summed E-state index contributed by atoms with van der Waals surface area (Å²) in [6.45, 7) is 3.97. The maximum absolute atomic E-state index is 13.8. The van der Waals surface area contributed by atoms with Crippen molar-refractivity contribution in [1.29, 1.82) is 0 Å². The third kappa shape index (κ3) is 5.44. The van der Waals surface area contributed by atoms with Crippen LogP contribution in [0.1, 0.15) is 12.0 Å². The quantitative estimate of drug-likeness (QED) is 0.749. The molecule has 1 aliphatic rings. The maximum atomic E-state index is 13.8. The normalized spacial score (nSPS) is 14.8. The highest BCUT2D eigenvalue weighted by Crippen LogP contribution is 2.19. The number of carbonyl (C=O) groups is 1. The van der Waals surface area contributed by atoms with Gasteiger partial charge in [0.1, 0.15) is 5.75 Å². The molecule has 6 heteroatoms. The van der Waals surface area contributed by atoms with Crippen LogP contribution >= 0.6 is 0 Å². The first kappa shape index (κ1) is 19.2. The molecular formula is C21H25FN2O3. The largest absolute Gasteiger partial charge is 0.494 e. The van der Waals surface area contributed by atoms with Crippen molar-refractivity contribution in [2.24, 2.45) is 0 Å². The molecule has 1 aliphatic heterocycles. The Morgan fingerprint density at radius 2 is 1.81 bits per heavy atom. The molecule has 2 aromatic rings. The molecule has 144 valence electrons. The lowest BCUT2D eigenvalue weighted by Crippen LogP contribution is -2.48. The first-order valence-electron chi connectivity index (χ1n) is 9.16. The first-order chi connectivity index (χ1) is 13.2. The Hall–Kier alpha value is -2.60. The summed E-state index contributed by atoms with van der Waals surface area (Å²) in [5, 5.41) is 0. The van der Waals surface area contributed by atoms with Gasteiger partial charge in [0.2, 0.25) is 5.91 Å². The number of halogens is 1. The molecule has 0 unspecified atom stereocenters. The molecular weight excluding hydrogens is 347 g/mol. The van der Waals surface area contributed by atoms with Crippen molar-refractivity contribution in [3.8, 4) is 11.5 Å².